The molecule has 1 heterocycles. The molecular weight excluding hydrogens is 336 g/mol. The Morgan fingerprint density at radius 2 is 1.88 bits per heavy atom. The number of rotatable bonds is 4. The number of amides is 1. The van der Waals surface area contributed by atoms with Crippen LogP contribution >= 0.6 is 11.6 Å². The molecule has 4 nitrogen and oxygen atoms in total. The number of hydrogen-bond acceptors (Lipinski definition) is 2. The van der Waals surface area contributed by atoms with Gasteiger partial charge in [-0.15, -0.1) is 0 Å². The summed E-state index contributed by atoms with van der Waals surface area (Å²) >= 11 is 5.89. The third-order valence-electron chi connectivity index (χ3n) is 4.30. The Bertz CT molecular complexity index is 1010. The van der Waals surface area contributed by atoms with Gasteiger partial charge in [0, 0.05) is 28.2 Å². The molecule has 3 aromatic rings. The van der Waals surface area contributed by atoms with Crippen LogP contribution in [0.5, 0.6) is 0 Å². The largest absolute Gasteiger partial charge is 0.352 e. The number of nitrogens with one attached hydrogen (secondary N) is 2. The number of carbonyl (C=O) groups is 1. The number of aryl methyl sites for hydroxylation is 2. The fourth-order valence-electron chi connectivity index (χ4n) is 2.75. The van der Waals surface area contributed by atoms with Gasteiger partial charge in [0.25, 0.3) is 11.5 Å². The number of benzene rings is 2. The molecule has 0 atom stereocenters. The smallest absolute Gasteiger partial charge is 0.251 e. The van der Waals surface area contributed by atoms with Crippen molar-refractivity contribution in [1.29, 1.82) is 0 Å². The molecule has 1 aromatic heterocycles. The lowest BCUT2D eigenvalue weighted by Gasteiger charge is -2.08. The van der Waals surface area contributed by atoms with Gasteiger partial charge in [-0.25, -0.2) is 0 Å². The van der Waals surface area contributed by atoms with Crippen LogP contribution in [0.1, 0.15) is 27.0 Å². The van der Waals surface area contributed by atoms with Crippen molar-refractivity contribution in [2.24, 2.45) is 0 Å². The van der Waals surface area contributed by atoms with Crippen molar-refractivity contribution in [2.45, 2.75) is 20.3 Å². The van der Waals surface area contributed by atoms with Gasteiger partial charge in [0.2, 0.25) is 0 Å². The van der Waals surface area contributed by atoms with Crippen molar-refractivity contribution in [2.75, 3.05) is 6.54 Å². The SMILES string of the molecule is Cc1cc2cc(CCNC(=O)c3cccc(Cl)c3)c(=O)[nH]c2cc1C. The average molecular weight is 355 g/mol. The van der Waals surface area contributed by atoms with Gasteiger partial charge >= 0.3 is 0 Å². The number of aromatic nitrogens is 1. The number of aromatic amines is 1. The third-order valence-corrected chi connectivity index (χ3v) is 4.54. The van der Waals surface area contributed by atoms with Gasteiger partial charge in [-0.2, -0.15) is 0 Å². The molecule has 0 saturated heterocycles. The van der Waals surface area contributed by atoms with Gasteiger partial charge in [-0.1, -0.05) is 17.7 Å². The monoisotopic (exact) mass is 354 g/mol. The van der Waals surface area contributed by atoms with Gasteiger partial charge < -0.3 is 10.3 Å². The van der Waals surface area contributed by atoms with Crippen LogP contribution in [0.15, 0.2) is 47.3 Å². The van der Waals surface area contributed by atoms with Crippen molar-refractivity contribution < 1.29 is 4.79 Å². The number of hydrogen-bond donors (Lipinski definition) is 2. The van der Waals surface area contributed by atoms with Crippen molar-refractivity contribution in [3.8, 4) is 0 Å². The fourth-order valence-corrected chi connectivity index (χ4v) is 2.94. The lowest BCUT2D eigenvalue weighted by atomic mass is 10.0. The normalized spacial score (nSPS) is 10.8. The highest BCUT2D eigenvalue weighted by Gasteiger charge is 2.08. The second kappa shape index (κ2) is 7.11. The first-order chi connectivity index (χ1) is 11.9. The first kappa shape index (κ1) is 17.2. The Kier molecular flexibility index (Phi) is 4.91. The van der Waals surface area contributed by atoms with E-state index >= 15 is 0 Å². The van der Waals surface area contributed by atoms with Gasteiger partial charge in [0.05, 0.1) is 0 Å². The minimum absolute atomic E-state index is 0.118. The molecule has 0 unspecified atom stereocenters. The highest BCUT2D eigenvalue weighted by atomic mass is 35.5. The number of halogens is 1. The molecule has 0 aliphatic rings. The number of H-pyrrole nitrogens is 1. The molecule has 2 N–H and O–H groups in total. The quantitative estimate of drug-likeness (QED) is 0.749. The minimum Gasteiger partial charge on any atom is -0.352 e. The van der Waals surface area contributed by atoms with Crippen LogP contribution in [0.4, 0.5) is 0 Å². The molecule has 0 spiro atoms. The molecule has 0 aliphatic heterocycles. The van der Waals surface area contributed by atoms with E-state index in [1.807, 2.05) is 26.0 Å². The van der Waals surface area contributed by atoms with Crippen LogP contribution in [0.3, 0.4) is 0 Å². The molecule has 25 heavy (non-hydrogen) atoms. The highest BCUT2D eigenvalue weighted by molar-refractivity contribution is 6.30. The molecule has 3 rings (SSSR count). The summed E-state index contributed by atoms with van der Waals surface area (Å²) in [6.07, 6.45) is 0.463. The Balaban J connectivity index is 1.73. The molecular formula is C20H19ClN2O2. The van der Waals surface area contributed by atoms with E-state index in [-0.39, 0.29) is 11.5 Å². The molecule has 1 amide bonds. The summed E-state index contributed by atoms with van der Waals surface area (Å²) in [4.78, 5) is 27.3. The number of pyridine rings is 1. The van der Waals surface area contributed by atoms with Crippen LogP contribution in [0.2, 0.25) is 5.02 Å². The van der Waals surface area contributed by atoms with Crippen molar-refractivity contribution in [3.63, 3.8) is 0 Å². The van der Waals surface area contributed by atoms with E-state index in [0.717, 1.165) is 16.5 Å². The maximum atomic E-state index is 12.2. The summed E-state index contributed by atoms with van der Waals surface area (Å²) in [5.41, 5.74) is 4.20. The maximum absolute atomic E-state index is 12.2. The molecule has 0 saturated carbocycles. The van der Waals surface area contributed by atoms with Gasteiger partial charge in [0.1, 0.15) is 0 Å². The van der Waals surface area contributed by atoms with Crippen LogP contribution in [-0.4, -0.2) is 17.4 Å². The highest BCUT2D eigenvalue weighted by Crippen LogP contribution is 2.17. The summed E-state index contributed by atoms with van der Waals surface area (Å²) in [5.74, 6) is -0.203. The predicted octanol–water partition coefficient (Wildman–Crippen LogP) is 3.77. The van der Waals surface area contributed by atoms with Gasteiger partial charge in [-0.3, -0.25) is 9.59 Å². The second-order valence-electron chi connectivity index (χ2n) is 6.16. The van der Waals surface area contributed by atoms with E-state index in [4.69, 9.17) is 11.6 Å². The van der Waals surface area contributed by atoms with Crippen LogP contribution in [0, 0.1) is 13.8 Å². The number of fused-ring (bicyclic) bond motifs is 1. The Hall–Kier alpha value is -2.59. The van der Waals surface area contributed by atoms with E-state index in [0.29, 0.717) is 29.1 Å². The lowest BCUT2D eigenvalue weighted by Crippen LogP contribution is -2.27. The van der Waals surface area contributed by atoms with Crippen molar-refractivity contribution in [1.82, 2.24) is 10.3 Å². The molecule has 0 radical (unpaired) electrons. The maximum Gasteiger partial charge on any atom is 0.251 e. The zero-order valence-corrected chi connectivity index (χ0v) is 14.9. The predicted molar refractivity (Wildman–Crippen MR) is 102 cm³/mol. The Labute approximate surface area is 150 Å². The zero-order valence-electron chi connectivity index (χ0n) is 14.2. The fraction of sp³-hybridized carbons (Fsp3) is 0.200. The second-order valence-corrected chi connectivity index (χ2v) is 6.60. The van der Waals surface area contributed by atoms with Crippen molar-refractivity contribution >= 4 is 28.4 Å². The summed E-state index contributed by atoms with van der Waals surface area (Å²) in [7, 11) is 0. The molecule has 5 heteroatoms. The molecule has 0 fully saturated rings. The minimum atomic E-state index is -0.203. The van der Waals surface area contributed by atoms with Crippen molar-refractivity contribution in [3.05, 3.63) is 80.1 Å². The first-order valence-electron chi connectivity index (χ1n) is 8.11. The van der Waals surface area contributed by atoms with Gasteiger partial charge in [0.15, 0.2) is 0 Å². The zero-order chi connectivity index (χ0) is 18.0. The molecule has 128 valence electrons. The van der Waals surface area contributed by atoms with Crippen LogP contribution in [0.25, 0.3) is 10.9 Å². The lowest BCUT2D eigenvalue weighted by molar-refractivity contribution is 0.0954. The topological polar surface area (TPSA) is 62.0 Å². The van der Waals surface area contributed by atoms with E-state index in [1.165, 1.54) is 5.56 Å². The first-order valence-corrected chi connectivity index (χ1v) is 8.49. The summed E-state index contributed by atoms with van der Waals surface area (Å²) in [5, 5.41) is 4.34. The molecule has 0 aliphatic carbocycles. The molecule has 0 bridgehead atoms. The average Bonchev–Trinajstić information content (AvgIpc) is 2.57. The van der Waals surface area contributed by atoms with Crippen LogP contribution < -0.4 is 10.9 Å². The Morgan fingerprint density at radius 1 is 1.12 bits per heavy atom. The van der Waals surface area contributed by atoms with Crippen LogP contribution in [-0.2, 0) is 6.42 Å². The summed E-state index contributed by atoms with van der Waals surface area (Å²) in [6.45, 7) is 4.45. The van der Waals surface area contributed by atoms with E-state index in [9.17, 15) is 9.59 Å². The third kappa shape index (κ3) is 3.91. The number of carbonyl (C=O) groups excluding carboxylic acids is 1. The standard InChI is InChI=1S/C20H19ClN2O2/c1-12-8-16-10-15(20(25)23-18(16)9-13(12)2)6-7-22-19(24)14-4-3-5-17(21)11-14/h3-5,8-11H,6-7H2,1-2H3,(H,22,24)(H,23,25). The Morgan fingerprint density at radius 3 is 2.64 bits per heavy atom. The molecule has 2 aromatic carbocycles. The summed E-state index contributed by atoms with van der Waals surface area (Å²) in [6, 6.07) is 12.7. The van der Waals surface area contributed by atoms with E-state index in [2.05, 4.69) is 16.4 Å². The summed E-state index contributed by atoms with van der Waals surface area (Å²) < 4.78 is 0. The van der Waals surface area contributed by atoms with E-state index in [1.54, 1.807) is 24.3 Å². The van der Waals surface area contributed by atoms with Gasteiger partial charge in [-0.05, 0) is 73.2 Å². The van der Waals surface area contributed by atoms with E-state index < -0.39 is 0 Å².